The number of rotatable bonds is 3. The molecule has 1 saturated heterocycles. The van der Waals surface area contributed by atoms with Crippen molar-refractivity contribution < 1.29 is 4.74 Å². The van der Waals surface area contributed by atoms with Crippen LogP contribution < -0.4 is 15.8 Å². The highest BCUT2D eigenvalue weighted by atomic mass is 16.5. The van der Waals surface area contributed by atoms with E-state index in [9.17, 15) is 0 Å². The maximum absolute atomic E-state index is 6.12. The van der Waals surface area contributed by atoms with Gasteiger partial charge < -0.3 is 15.8 Å². The molecule has 0 spiro atoms. The Hall–Kier alpha value is -2.86. The molecule has 0 saturated carbocycles. The van der Waals surface area contributed by atoms with Gasteiger partial charge in [0.1, 0.15) is 11.6 Å². The monoisotopic (exact) mass is 361 g/mol. The van der Waals surface area contributed by atoms with Gasteiger partial charge in [-0.25, -0.2) is 4.98 Å². The number of nitrogens with zero attached hydrogens (tertiary/aromatic N) is 2. The summed E-state index contributed by atoms with van der Waals surface area (Å²) < 4.78 is 6.07. The molecule has 6 heteroatoms. The number of nitrogen functional groups attached to an aromatic ring is 1. The zero-order chi connectivity index (χ0) is 18.2. The first-order valence-electron chi connectivity index (χ1n) is 9.57. The van der Waals surface area contributed by atoms with Crippen LogP contribution in [0, 0.1) is 0 Å². The number of nitrogens with one attached hydrogen (secondary N) is 2. The molecule has 0 radical (unpaired) electrons. The van der Waals surface area contributed by atoms with E-state index in [-0.39, 0.29) is 0 Å². The SMILES string of the molecule is Nc1ncc(-c2cc3c(c([C@@H]4CCCN4)c2)OCCC3)cc1-c1cn[nH]c1. The molecule has 1 fully saturated rings. The second-order valence-electron chi connectivity index (χ2n) is 7.30. The Morgan fingerprint density at radius 1 is 1.07 bits per heavy atom. The summed E-state index contributed by atoms with van der Waals surface area (Å²) in [6.45, 7) is 1.87. The normalized spacial score (nSPS) is 18.9. The Labute approximate surface area is 158 Å². The number of H-pyrrole nitrogens is 1. The van der Waals surface area contributed by atoms with Gasteiger partial charge in [0.2, 0.25) is 0 Å². The predicted molar refractivity (Wildman–Crippen MR) is 105 cm³/mol. The summed E-state index contributed by atoms with van der Waals surface area (Å²) in [5.74, 6) is 1.60. The summed E-state index contributed by atoms with van der Waals surface area (Å²) in [5, 5.41) is 10.5. The molecule has 4 N–H and O–H groups in total. The highest BCUT2D eigenvalue weighted by Gasteiger charge is 2.25. The van der Waals surface area contributed by atoms with Crippen LogP contribution in [0.1, 0.15) is 36.4 Å². The topological polar surface area (TPSA) is 88.8 Å². The first-order valence-corrected chi connectivity index (χ1v) is 9.57. The van der Waals surface area contributed by atoms with Crippen LogP contribution in [-0.2, 0) is 6.42 Å². The highest BCUT2D eigenvalue weighted by Crippen LogP contribution is 2.40. The van der Waals surface area contributed by atoms with E-state index in [2.05, 4.69) is 38.7 Å². The highest BCUT2D eigenvalue weighted by molar-refractivity contribution is 5.79. The summed E-state index contributed by atoms with van der Waals surface area (Å²) in [4.78, 5) is 4.44. The molecule has 3 aromatic rings. The molecule has 27 heavy (non-hydrogen) atoms. The molecule has 4 heterocycles. The Morgan fingerprint density at radius 3 is 2.85 bits per heavy atom. The molecule has 6 nitrogen and oxygen atoms in total. The van der Waals surface area contributed by atoms with Crippen molar-refractivity contribution in [2.45, 2.75) is 31.7 Å². The maximum Gasteiger partial charge on any atom is 0.131 e. The largest absolute Gasteiger partial charge is 0.493 e. The molecule has 0 aliphatic carbocycles. The van der Waals surface area contributed by atoms with Crippen LogP contribution in [-0.4, -0.2) is 28.3 Å². The molecular weight excluding hydrogens is 338 g/mol. The van der Waals surface area contributed by atoms with Gasteiger partial charge in [-0.1, -0.05) is 0 Å². The molecular formula is C21H23N5O. The number of benzene rings is 1. The molecule has 2 aromatic heterocycles. The molecule has 0 unspecified atom stereocenters. The minimum atomic E-state index is 0.367. The van der Waals surface area contributed by atoms with Crippen molar-refractivity contribution in [2.24, 2.45) is 0 Å². The van der Waals surface area contributed by atoms with Crippen LogP contribution in [0.4, 0.5) is 5.82 Å². The van der Waals surface area contributed by atoms with Crippen molar-refractivity contribution in [3.05, 3.63) is 47.9 Å². The standard InChI is InChI=1S/C21H23N5O/c22-21-17(16-11-25-26-12-16)9-15(10-24-21)14-7-13-3-2-6-27-20(13)18(8-14)19-4-1-5-23-19/h7-12,19,23H,1-6H2,(H2,22,24)(H,25,26)/t19-/m0/s1. The van der Waals surface area contributed by atoms with Crippen molar-refractivity contribution in [3.8, 4) is 28.0 Å². The fraction of sp³-hybridized carbons (Fsp3) is 0.333. The Bertz CT molecular complexity index is 961. The third-order valence-electron chi connectivity index (χ3n) is 5.53. The van der Waals surface area contributed by atoms with Gasteiger partial charge in [-0.2, -0.15) is 5.10 Å². The number of anilines is 1. The fourth-order valence-electron chi connectivity index (χ4n) is 4.15. The molecule has 0 amide bonds. The number of pyridine rings is 1. The van der Waals surface area contributed by atoms with Crippen LogP contribution in [0.2, 0.25) is 0 Å². The first kappa shape index (κ1) is 16.3. The minimum absolute atomic E-state index is 0.367. The van der Waals surface area contributed by atoms with Crippen LogP contribution in [0.5, 0.6) is 5.75 Å². The van der Waals surface area contributed by atoms with E-state index >= 15 is 0 Å². The van der Waals surface area contributed by atoms with Gasteiger partial charge in [0, 0.05) is 40.7 Å². The number of fused-ring (bicyclic) bond motifs is 1. The van der Waals surface area contributed by atoms with Crippen molar-refractivity contribution in [2.75, 3.05) is 18.9 Å². The van der Waals surface area contributed by atoms with Gasteiger partial charge in [0.15, 0.2) is 0 Å². The van der Waals surface area contributed by atoms with E-state index in [4.69, 9.17) is 10.5 Å². The van der Waals surface area contributed by atoms with E-state index in [1.165, 1.54) is 23.1 Å². The van der Waals surface area contributed by atoms with Crippen LogP contribution in [0.3, 0.4) is 0 Å². The lowest BCUT2D eigenvalue weighted by Gasteiger charge is -2.25. The molecule has 2 aliphatic rings. The quantitative estimate of drug-likeness (QED) is 0.665. The summed E-state index contributed by atoms with van der Waals surface area (Å²) in [6, 6.07) is 6.98. The lowest BCUT2D eigenvalue weighted by Crippen LogP contribution is -2.17. The predicted octanol–water partition coefficient (Wildman–Crippen LogP) is 3.47. The van der Waals surface area contributed by atoms with Gasteiger partial charge >= 0.3 is 0 Å². The average Bonchev–Trinajstić information content (AvgIpc) is 3.41. The van der Waals surface area contributed by atoms with E-state index < -0.39 is 0 Å². The number of nitrogens with two attached hydrogens (primary N) is 1. The van der Waals surface area contributed by atoms with Crippen LogP contribution in [0.25, 0.3) is 22.3 Å². The number of hydrogen-bond acceptors (Lipinski definition) is 5. The molecule has 138 valence electrons. The molecule has 1 aromatic carbocycles. The Balaban J connectivity index is 1.63. The lowest BCUT2D eigenvalue weighted by molar-refractivity contribution is 0.282. The van der Waals surface area contributed by atoms with Crippen molar-refractivity contribution in [1.29, 1.82) is 0 Å². The van der Waals surface area contributed by atoms with Gasteiger partial charge in [-0.15, -0.1) is 0 Å². The van der Waals surface area contributed by atoms with Gasteiger partial charge in [0.05, 0.1) is 12.8 Å². The number of aromatic nitrogens is 3. The number of ether oxygens (including phenoxy) is 1. The molecule has 1 atom stereocenters. The third-order valence-corrected chi connectivity index (χ3v) is 5.53. The summed E-state index contributed by atoms with van der Waals surface area (Å²) in [7, 11) is 0. The van der Waals surface area contributed by atoms with Crippen molar-refractivity contribution >= 4 is 5.82 Å². The Morgan fingerprint density at radius 2 is 2.04 bits per heavy atom. The zero-order valence-electron chi connectivity index (χ0n) is 15.2. The van der Waals surface area contributed by atoms with E-state index in [0.717, 1.165) is 54.9 Å². The minimum Gasteiger partial charge on any atom is -0.493 e. The number of aryl methyl sites for hydroxylation is 1. The van der Waals surface area contributed by atoms with E-state index in [1.54, 1.807) is 6.20 Å². The average molecular weight is 361 g/mol. The summed E-state index contributed by atoms with van der Waals surface area (Å²) in [6.07, 6.45) is 9.94. The van der Waals surface area contributed by atoms with Crippen molar-refractivity contribution in [3.63, 3.8) is 0 Å². The first-order chi connectivity index (χ1) is 13.3. The van der Waals surface area contributed by atoms with Gasteiger partial charge in [0.25, 0.3) is 0 Å². The zero-order valence-corrected chi connectivity index (χ0v) is 15.2. The Kier molecular flexibility index (Phi) is 4.05. The van der Waals surface area contributed by atoms with Gasteiger partial charge in [-0.05, 0) is 61.6 Å². The summed E-state index contributed by atoms with van der Waals surface area (Å²) in [5.41, 5.74) is 12.8. The second kappa shape index (κ2) is 6.70. The number of aromatic amines is 1. The van der Waals surface area contributed by atoms with Crippen LogP contribution in [0.15, 0.2) is 36.8 Å². The molecule has 0 bridgehead atoms. The van der Waals surface area contributed by atoms with Crippen molar-refractivity contribution in [1.82, 2.24) is 20.5 Å². The van der Waals surface area contributed by atoms with Gasteiger partial charge in [-0.3, -0.25) is 5.10 Å². The maximum atomic E-state index is 6.12. The number of hydrogen-bond donors (Lipinski definition) is 3. The molecule has 2 aliphatic heterocycles. The molecule has 5 rings (SSSR count). The smallest absolute Gasteiger partial charge is 0.131 e. The summed E-state index contributed by atoms with van der Waals surface area (Å²) >= 11 is 0. The second-order valence-corrected chi connectivity index (χ2v) is 7.30. The van der Waals surface area contributed by atoms with Crippen LogP contribution >= 0.6 is 0 Å². The van der Waals surface area contributed by atoms with E-state index in [1.807, 2.05) is 12.4 Å². The fourth-order valence-corrected chi connectivity index (χ4v) is 4.15. The third kappa shape index (κ3) is 2.96. The van der Waals surface area contributed by atoms with E-state index in [0.29, 0.717) is 11.9 Å². The lowest BCUT2D eigenvalue weighted by atomic mass is 9.91.